The molecule has 27 heavy (non-hydrogen) atoms. The molecule has 1 fully saturated rings. The molecule has 140 valence electrons. The Balaban J connectivity index is 1.75. The molecule has 1 saturated heterocycles. The van der Waals surface area contributed by atoms with E-state index in [4.69, 9.17) is 4.74 Å². The van der Waals surface area contributed by atoms with Crippen LogP contribution in [0.25, 0.3) is 10.2 Å². The van der Waals surface area contributed by atoms with Crippen LogP contribution in [0, 0.1) is 12.7 Å². The molecular formula is C19H19FN4O2S. The van der Waals surface area contributed by atoms with Crippen molar-refractivity contribution in [3.63, 3.8) is 0 Å². The standard InChI is InChI=1S/C19H19FN4O2S/c1-11-15-17(23-13-6-5-12(20)9-14(13)26-2)21-10-22-18(15)27-16(11)19(25)24-7-3-4-8-24/h5-6,9-10H,3-4,7-8H2,1-2H3,(H,21,22,23). The zero-order chi connectivity index (χ0) is 19.0. The Hall–Kier alpha value is -2.74. The van der Waals surface area contributed by atoms with Crippen LogP contribution >= 0.6 is 11.3 Å². The summed E-state index contributed by atoms with van der Waals surface area (Å²) in [7, 11) is 1.48. The maximum Gasteiger partial charge on any atom is 0.264 e. The number of amides is 1. The Morgan fingerprint density at radius 3 is 2.81 bits per heavy atom. The summed E-state index contributed by atoms with van der Waals surface area (Å²) < 4.78 is 18.7. The van der Waals surface area contributed by atoms with Crippen molar-refractivity contribution in [3.8, 4) is 5.75 Å². The second-order valence-electron chi connectivity index (χ2n) is 6.43. The lowest BCUT2D eigenvalue weighted by Gasteiger charge is -2.14. The molecule has 1 aromatic carbocycles. The summed E-state index contributed by atoms with van der Waals surface area (Å²) in [6.07, 6.45) is 3.56. The van der Waals surface area contributed by atoms with Gasteiger partial charge in [-0.25, -0.2) is 14.4 Å². The zero-order valence-corrected chi connectivity index (χ0v) is 15.9. The number of halogens is 1. The summed E-state index contributed by atoms with van der Waals surface area (Å²) in [5.41, 5.74) is 1.45. The van der Waals surface area contributed by atoms with Crippen LogP contribution in [0.1, 0.15) is 28.1 Å². The second kappa shape index (κ2) is 7.11. The van der Waals surface area contributed by atoms with Crippen molar-refractivity contribution < 1.29 is 13.9 Å². The number of rotatable bonds is 4. The van der Waals surface area contributed by atoms with E-state index < -0.39 is 0 Å². The number of hydrogen-bond donors (Lipinski definition) is 1. The minimum Gasteiger partial charge on any atom is -0.494 e. The van der Waals surface area contributed by atoms with E-state index in [0.29, 0.717) is 22.1 Å². The number of ether oxygens (including phenoxy) is 1. The van der Waals surface area contributed by atoms with Gasteiger partial charge in [-0.3, -0.25) is 4.79 Å². The largest absolute Gasteiger partial charge is 0.494 e. The van der Waals surface area contributed by atoms with E-state index in [-0.39, 0.29) is 11.7 Å². The molecule has 0 radical (unpaired) electrons. The number of thiophene rings is 1. The maximum absolute atomic E-state index is 13.5. The van der Waals surface area contributed by atoms with Crippen molar-refractivity contribution in [1.29, 1.82) is 0 Å². The minimum atomic E-state index is -0.379. The SMILES string of the molecule is COc1cc(F)ccc1Nc1ncnc2sc(C(=O)N3CCCC3)c(C)c12. The summed E-state index contributed by atoms with van der Waals surface area (Å²) >= 11 is 1.38. The van der Waals surface area contributed by atoms with Gasteiger partial charge in [-0.1, -0.05) is 0 Å². The molecule has 0 atom stereocenters. The first-order valence-corrected chi connectivity index (χ1v) is 9.54. The van der Waals surface area contributed by atoms with Gasteiger partial charge in [0.25, 0.3) is 5.91 Å². The Labute approximate surface area is 160 Å². The number of hydrogen-bond acceptors (Lipinski definition) is 6. The Kier molecular flexibility index (Phi) is 4.65. The van der Waals surface area contributed by atoms with E-state index >= 15 is 0 Å². The van der Waals surface area contributed by atoms with Crippen molar-refractivity contribution in [2.24, 2.45) is 0 Å². The third-order valence-corrected chi connectivity index (χ3v) is 5.92. The van der Waals surface area contributed by atoms with Crippen molar-refractivity contribution in [2.75, 3.05) is 25.5 Å². The summed E-state index contributed by atoms with van der Waals surface area (Å²) in [5.74, 6) is 0.621. The first-order valence-electron chi connectivity index (χ1n) is 8.72. The molecule has 2 aromatic heterocycles. The average molecular weight is 386 g/mol. The van der Waals surface area contributed by atoms with Crippen molar-refractivity contribution in [3.05, 3.63) is 40.8 Å². The predicted molar refractivity (Wildman–Crippen MR) is 104 cm³/mol. The summed E-state index contributed by atoms with van der Waals surface area (Å²) in [4.78, 5) is 24.9. The topological polar surface area (TPSA) is 67.3 Å². The third kappa shape index (κ3) is 3.21. The Morgan fingerprint density at radius 1 is 1.30 bits per heavy atom. The van der Waals surface area contributed by atoms with Gasteiger partial charge in [0.15, 0.2) is 0 Å². The number of anilines is 2. The number of methoxy groups -OCH3 is 1. The van der Waals surface area contributed by atoms with Crippen LogP contribution in [0.2, 0.25) is 0 Å². The number of carbonyl (C=O) groups excluding carboxylic acids is 1. The molecule has 0 aliphatic carbocycles. The first kappa shape index (κ1) is 17.7. The average Bonchev–Trinajstić information content (AvgIpc) is 3.31. The van der Waals surface area contributed by atoms with Gasteiger partial charge in [0.05, 0.1) is 23.1 Å². The number of likely N-dealkylation sites (tertiary alicyclic amines) is 1. The summed E-state index contributed by atoms with van der Waals surface area (Å²) in [6.45, 7) is 3.52. The number of benzene rings is 1. The summed E-state index contributed by atoms with van der Waals surface area (Å²) in [5, 5.41) is 4.00. The highest BCUT2D eigenvalue weighted by molar-refractivity contribution is 7.20. The predicted octanol–water partition coefficient (Wildman–Crippen LogP) is 4.13. The van der Waals surface area contributed by atoms with Crippen molar-refractivity contribution in [2.45, 2.75) is 19.8 Å². The second-order valence-corrected chi connectivity index (χ2v) is 7.43. The van der Waals surface area contributed by atoms with Crippen LogP contribution in [0.4, 0.5) is 15.9 Å². The monoisotopic (exact) mass is 386 g/mol. The van der Waals surface area contributed by atoms with E-state index in [9.17, 15) is 9.18 Å². The molecule has 3 aromatic rings. The number of nitrogens with one attached hydrogen (secondary N) is 1. The lowest BCUT2D eigenvalue weighted by Crippen LogP contribution is -2.27. The number of fused-ring (bicyclic) bond motifs is 1. The Morgan fingerprint density at radius 2 is 2.07 bits per heavy atom. The molecule has 8 heteroatoms. The quantitative estimate of drug-likeness (QED) is 0.730. The molecular weight excluding hydrogens is 367 g/mol. The highest BCUT2D eigenvalue weighted by atomic mass is 32.1. The van der Waals surface area contributed by atoms with Crippen LogP contribution in [-0.4, -0.2) is 41.0 Å². The lowest BCUT2D eigenvalue weighted by molar-refractivity contribution is 0.0797. The van der Waals surface area contributed by atoms with Gasteiger partial charge in [0, 0.05) is 19.2 Å². The third-order valence-electron chi connectivity index (χ3n) is 4.73. The van der Waals surface area contributed by atoms with Crippen LogP contribution in [0.3, 0.4) is 0 Å². The number of nitrogens with zero attached hydrogens (tertiary/aromatic N) is 3. The van der Waals surface area contributed by atoms with E-state index in [0.717, 1.165) is 41.7 Å². The maximum atomic E-state index is 13.5. The number of carbonyl (C=O) groups is 1. The molecule has 3 heterocycles. The molecule has 0 saturated carbocycles. The van der Waals surface area contributed by atoms with E-state index in [2.05, 4.69) is 15.3 Å². The van der Waals surface area contributed by atoms with Crippen LogP contribution in [0.5, 0.6) is 5.75 Å². The molecule has 1 amide bonds. The fraction of sp³-hybridized carbons (Fsp3) is 0.316. The lowest BCUT2D eigenvalue weighted by atomic mass is 10.2. The molecule has 4 rings (SSSR count). The van der Waals surface area contributed by atoms with Crippen LogP contribution in [-0.2, 0) is 0 Å². The van der Waals surface area contributed by atoms with Gasteiger partial charge in [-0.2, -0.15) is 0 Å². The smallest absolute Gasteiger partial charge is 0.264 e. The molecule has 1 N–H and O–H groups in total. The number of aromatic nitrogens is 2. The van der Waals surface area contributed by atoms with E-state index in [1.165, 1.54) is 36.9 Å². The van der Waals surface area contributed by atoms with Gasteiger partial charge in [0.1, 0.15) is 28.5 Å². The normalized spacial score (nSPS) is 14.0. The van der Waals surface area contributed by atoms with Gasteiger partial charge in [-0.05, 0) is 37.5 Å². The van der Waals surface area contributed by atoms with Gasteiger partial charge in [-0.15, -0.1) is 11.3 Å². The molecule has 6 nitrogen and oxygen atoms in total. The van der Waals surface area contributed by atoms with Crippen molar-refractivity contribution in [1.82, 2.24) is 14.9 Å². The molecule has 1 aliphatic heterocycles. The first-order chi connectivity index (χ1) is 13.1. The van der Waals surface area contributed by atoms with Gasteiger partial charge in [0.2, 0.25) is 0 Å². The highest BCUT2D eigenvalue weighted by Gasteiger charge is 2.25. The fourth-order valence-electron chi connectivity index (χ4n) is 3.33. The zero-order valence-electron chi connectivity index (χ0n) is 15.1. The molecule has 0 bridgehead atoms. The Bertz CT molecular complexity index is 1010. The molecule has 0 spiro atoms. The van der Waals surface area contributed by atoms with Crippen LogP contribution < -0.4 is 10.1 Å². The van der Waals surface area contributed by atoms with Crippen LogP contribution in [0.15, 0.2) is 24.5 Å². The number of aryl methyl sites for hydroxylation is 1. The van der Waals surface area contributed by atoms with E-state index in [1.54, 1.807) is 6.07 Å². The fourth-order valence-corrected chi connectivity index (χ4v) is 4.45. The minimum absolute atomic E-state index is 0.0540. The van der Waals surface area contributed by atoms with Gasteiger partial charge >= 0.3 is 0 Å². The summed E-state index contributed by atoms with van der Waals surface area (Å²) in [6, 6.07) is 4.26. The highest BCUT2D eigenvalue weighted by Crippen LogP contribution is 2.37. The van der Waals surface area contributed by atoms with Crippen molar-refractivity contribution >= 4 is 39.0 Å². The van der Waals surface area contributed by atoms with Gasteiger partial charge < -0.3 is 15.0 Å². The molecule has 1 aliphatic rings. The van der Waals surface area contributed by atoms with E-state index in [1.807, 2.05) is 11.8 Å². The molecule has 0 unspecified atom stereocenters.